The Bertz CT molecular complexity index is 946. The molecule has 2 amide bonds. The normalized spacial score (nSPS) is 27.4. The molecule has 6 heteroatoms. The summed E-state index contributed by atoms with van der Waals surface area (Å²) >= 11 is 0. The van der Waals surface area contributed by atoms with Crippen LogP contribution in [0.25, 0.3) is 0 Å². The lowest BCUT2D eigenvalue weighted by atomic mass is 10.0. The number of hydrogen-bond donors (Lipinski definition) is 0. The summed E-state index contributed by atoms with van der Waals surface area (Å²) in [5.74, 6) is 0.252. The molecule has 0 unspecified atom stereocenters. The fourth-order valence-electron chi connectivity index (χ4n) is 4.73. The zero-order valence-electron chi connectivity index (χ0n) is 15.9. The van der Waals surface area contributed by atoms with Gasteiger partial charge in [-0.05, 0) is 17.2 Å². The first-order valence-electron chi connectivity index (χ1n) is 9.86. The van der Waals surface area contributed by atoms with Gasteiger partial charge in [-0.3, -0.25) is 9.80 Å². The third kappa shape index (κ3) is 2.95. The predicted molar refractivity (Wildman–Crippen MR) is 106 cm³/mol. The number of nitrogens with zero attached hydrogens (tertiary/aromatic N) is 2. The molecule has 1 saturated heterocycles. The van der Waals surface area contributed by atoms with E-state index in [9.17, 15) is 9.59 Å². The Morgan fingerprint density at radius 3 is 2.52 bits per heavy atom. The number of ether oxygens (including phenoxy) is 2. The van der Waals surface area contributed by atoms with E-state index in [1.165, 1.54) is 5.56 Å². The molecule has 3 aliphatic rings. The Morgan fingerprint density at radius 2 is 1.83 bits per heavy atom. The Balaban J connectivity index is 1.35. The van der Waals surface area contributed by atoms with E-state index < -0.39 is 5.54 Å². The van der Waals surface area contributed by atoms with Gasteiger partial charge in [0, 0.05) is 24.6 Å². The van der Waals surface area contributed by atoms with Crippen LogP contribution in [0.1, 0.15) is 17.0 Å². The lowest BCUT2D eigenvalue weighted by Crippen LogP contribution is -2.44. The second-order valence-corrected chi connectivity index (χ2v) is 7.66. The van der Waals surface area contributed by atoms with Crippen LogP contribution in [0.2, 0.25) is 0 Å². The molecule has 0 spiro atoms. The fraction of sp³-hybridized carbons (Fsp3) is 0.304. The van der Waals surface area contributed by atoms with Gasteiger partial charge in [-0.1, -0.05) is 60.7 Å². The van der Waals surface area contributed by atoms with Gasteiger partial charge in [-0.15, -0.1) is 0 Å². The van der Waals surface area contributed by atoms with Crippen molar-refractivity contribution in [1.29, 1.82) is 0 Å². The van der Waals surface area contributed by atoms with E-state index in [-0.39, 0.29) is 30.6 Å². The molecule has 2 aliphatic heterocycles. The van der Waals surface area contributed by atoms with E-state index in [2.05, 4.69) is 12.1 Å². The van der Waals surface area contributed by atoms with Crippen molar-refractivity contribution in [3.63, 3.8) is 0 Å². The van der Waals surface area contributed by atoms with Crippen molar-refractivity contribution in [1.82, 2.24) is 9.80 Å². The lowest BCUT2D eigenvalue weighted by molar-refractivity contribution is 0.104. The minimum Gasteiger partial charge on any atom is -0.448 e. The number of rotatable bonds is 4. The van der Waals surface area contributed by atoms with Crippen LogP contribution in [0.5, 0.6) is 0 Å². The molecule has 1 saturated carbocycles. The molecule has 5 rings (SSSR count). The average Bonchev–Trinajstić information content (AvgIpc) is 3.25. The molecule has 1 aliphatic carbocycles. The highest BCUT2D eigenvalue weighted by atomic mass is 16.6. The van der Waals surface area contributed by atoms with Crippen LogP contribution in [-0.4, -0.2) is 47.2 Å². The van der Waals surface area contributed by atoms with Crippen molar-refractivity contribution in [2.75, 3.05) is 19.7 Å². The van der Waals surface area contributed by atoms with Crippen LogP contribution in [0, 0.1) is 5.92 Å². The van der Waals surface area contributed by atoms with Gasteiger partial charge < -0.3 is 9.47 Å². The molecular formula is C23H22N2O4. The Morgan fingerprint density at radius 1 is 1.10 bits per heavy atom. The maximum absolute atomic E-state index is 12.6. The van der Waals surface area contributed by atoms with Crippen LogP contribution in [-0.2, 0) is 16.1 Å². The van der Waals surface area contributed by atoms with E-state index in [4.69, 9.17) is 9.47 Å². The van der Waals surface area contributed by atoms with Gasteiger partial charge in [0.05, 0.1) is 12.1 Å². The summed E-state index contributed by atoms with van der Waals surface area (Å²) < 4.78 is 10.7. The summed E-state index contributed by atoms with van der Waals surface area (Å²) in [6.45, 7) is 1.72. The van der Waals surface area contributed by atoms with Crippen molar-refractivity contribution in [2.45, 2.75) is 18.1 Å². The molecule has 29 heavy (non-hydrogen) atoms. The average molecular weight is 390 g/mol. The zero-order chi connectivity index (χ0) is 19.8. The third-order valence-corrected chi connectivity index (χ3v) is 6.13. The SMILES string of the molecule is O=C(OCc1ccccc1)N1C=C[C@]2(N3CCOC3=O)[C@H](C1)[C@H]2c1ccccc1. The molecule has 148 valence electrons. The van der Waals surface area contributed by atoms with Gasteiger partial charge in [0.2, 0.25) is 0 Å². The van der Waals surface area contributed by atoms with Crippen LogP contribution in [0.15, 0.2) is 72.9 Å². The summed E-state index contributed by atoms with van der Waals surface area (Å²) in [7, 11) is 0. The lowest BCUT2D eigenvalue weighted by Gasteiger charge is -2.30. The fourth-order valence-corrected chi connectivity index (χ4v) is 4.73. The van der Waals surface area contributed by atoms with Crippen LogP contribution < -0.4 is 0 Å². The highest BCUT2D eigenvalue weighted by Gasteiger charge is 2.70. The molecule has 2 fully saturated rings. The van der Waals surface area contributed by atoms with Gasteiger partial charge in [0.15, 0.2) is 0 Å². The molecule has 0 N–H and O–H groups in total. The highest BCUT2D eigenvalue weighted by molar-refractivity contribution is 5.75. The number of amides is 2. The van der Waals surface area contributed by atoms with Crippen molar-refractivity contribution in [2.24, 2.45) is 5.92 Å². The minimum absolute atomic E-state index is 0.116. The molecule has 0 bridgehead atoms. The maximum Gasteiger partial charge on any atom is 0.414 e. The number of fused-ring (bicyclic) bond motifs is 1. The van der Waals surface area contributed by atoms with Crippen LogP contribution in [0.3, 0.4) is 0 Å². The van der Waals surface area contributed by atoms with Gasteiger partial charge >= 0.3 is 12.2 Å². The molecule has 0 radical (unpaired) electrons. The van der Waals surface area contributed by atoms with E-state index in [1.54, 1.807) is 11.1 Å². The van der Waals surface area contributed by atoms with Crippen molar-refractivity contribution < 1.29 is 19.1 Å². The Labute approximate surface area is 169 Å². The molecule has 0 aromatic heterocycles. The van der Waals surface area contributed by atoms with Crippen LogP contribution in [0.4, 0.5) is 9.59 Å². The van der Waals surface area contributed by atoms with E-state index in [1.807, 2.05) is 59.5 Å². The number of hydrogen-bond acceptors (Lipinski definition) is 4. The first kappa shape index (κ1) is 17.8. The maximum atomic E-state index is 12.6. The summed E-state index contributed by atoms with van der Waals surface area (Å²) in [6, 6.07) is 19.8. The van der Waals surface area contributed by atoms with Crippen molar-refractivity contribution >= 4 is 12.2 Å². The van der Waals surface area contributed by atoms with Crippen molar-refractivity contribution in [3.8, 4) is 0 Å². The quantitative estimate of drug-likeness (QED) is 0.798. The zero-order valence-corrected chi connectivity index (χ0v) is 15.9. The Hall–Kier alpha value is -3.28. The standard InChI is InChI=1S/C23H22N2O4/c26-21(29-16-17-7-3-1-4-8-17)24-12-11-23(25-13-14-28-22(25)27)19(15-24)20(23)18-9-5-2-6-10-18/h1-12,19-20H,13-16H2/t19-,20-,23+/m1/s1. The van der Waals surface area contributed by atoms with Gasteiger partial charge in [-0.25, -0.2) is 9.59 Å². The highest BCUT2D eigenvalue weighted by Crippen LogP contribution is 2.64. The molecule has 2 heterocycles. The van der Waals surface area contributed by atoms with E-state index in [0.717, 1.165) is 5.56 Å². The number of carbonyl (C=O) groups excluding carboxylic acids is 2. The predicted octanol–water partition coefficient (Wildman–Crippen LogP) is 3.76. The van der Waals surface area contributed by atoms with E-state index >= 15 is 0 Å². The Kier molecular flexibility index (Phi) is 4.27. The smallest absolute Gasteiger partial charge is 0.414 e. The number of benzene rings is 2. The van der Waals surface area contributed by atoms with E-state index in [0.29, 0.717) is 19.7 Å². The number of carbonyl (C=O) groups is 2. The van der Waals surface area contributed by atoms with Gasteiger partial charge in [0.1, 0.15) is 13.2 Å². The van der Waals surface area contributed by atoms with Crippen molar-refractivity contribution in [3.05, 3.63) is 84.1 Å². The molecule has 3 atom stereocenters. The number of cyclic esters (lactones) is 1. The summed E-state index contributed by atoms with van der Waals surface area (Å²) in [5.41, 5.74) is 1.69. The first-order chi connectivity index (χ1) is 14.2. The second kappa shape index (κ2) is 6.95. The molecular weight excluding hydrogens is 368 g/mol. The molecule has 2 aromatic rings. The van der Waals surface area contributed by atoms with Gasteiger partial charge in [0.25, 0.3) is 0 Å². The summed E-state index contributed by atoms with van der Waals surface area (Å²) in [4.78, 5) is 28.4. The summed E-state index contributed by atoms with van der Waals surface area (Å²) in [5, 5.41) is 0. The van der Waals surface area contributed by atoms with Crippen LogP contribution >= 0.6 is 0 Å². The molecule has 2 aromatic carbocycles. The molecule has 6 nitrogen and oxygen atoms in total. The third-order valence-electron chi connectivity index (χ3n) is 6.13. The first-order valence-corrected chi connectivity index (χ1v) is 9.86. The monoisotopic (exact) mass is 390 g/mol. The van der Waals surface area contributed by atoms with Gasteiger partial charge in [-0.2, -0.15) is 0 Å². The second-order valence-electron chi connectivity index (χ2n) is 7.66. The topological polar surface area (TPSA) is 59.1 Å². The minimum atomic E-state index is -0.425. The summed E-state index contributed by atoms with van der Waals surface area (Å²) in [6.07, 6.45) is 3.09. The largest absolute Gasteiger partial charge is 0.448 e.